The topological polar surface area (TPSA) is 20.2 Å². The molecule has 0 aliphatic heterocycles. The normalized spacial score (nSPS) is 13.1. The van der Waals surface area contributed by atoms with E-state index in [9.17, 15) is 5.11 Å². The summed E-state index contributed by atoms with van der Waals surface area (Å²) in [6.07, 6.45) is 11.8. The maximum Gasteiger partial charge on any atom is 0.0540 e. The molecule has 0 saturated carbocycles. The Morgan fingerprint density at radius 3 is 2.29 bits per heavy atom. The Balaban J connectivity index is 3.06. The third-order valence-corrected chi connectivity index (χ3v) is 3.22. The molecule has 14 heavy (non-hydrogen) atoms. The van der Waals surface area contributed by atoms with E-state index in [1.54, 1.807) is 0 Å². The van der Waals surface area contributed by atoms with E-state index in [1.165, 1.54) is 37.9 Å². The molecule has 0 aromatic rings. The van der Waals surface area contributed by atoms with Crippen molar-refractivity contribution in [2.45, 2.75) is 64.4 Å². The van der Waals surface area contributed by atoms with E-state index in [-0.39, 0.29) is 6.10 Å². The maximum absolute atomic E-state index is 9.62. The fourth-order valence-corrected chi connectivity index (χ4v) is 2.05. The highest BCUT2D eigenvalue weighted by atomic mass is 32.2. The molecule has 1 atom stereocenters. The quantitative estimate of drug-likeness (QED) is 0.562. The first-order valence-electron chi connectivity index (χ1n) is 5.98. The molecule has 2 heteroatoms. The lowest BCUT2D eigenvalue weighted by Gasteiger charge is -2.09. The molecule has 0 amide bonds. The van der Waals surface area contributed by atoms with Crippen molar-refractivity contribution in [2.75, 3.05) is 12.0 Å². The predicted molar refractivity (Wildman–Crippen MR) is 67.0 cm³/mol. The molecular weight excluding hydrogens is 192 g/mol. The number of aliphatic hydroxyl groups excluding tert-OH is 1. The van der Waals surface area contributed by atoms with Gasteiger partial charge in [0.15, 0.2) is 0 Å². The number of unbranched alkanes of at least 4 members (excludes halogenated alkanes) is 4. The van der Waals surface area contributed by atoms with Crippen molar-refractivity contribution in [3.63, 3.8) is 0 Å². The summed E-state index contributed by atoms with van der Waals surface area (Å²) in [6.45, 7) is 2.23. The Morgan fingerprint density at radius 1 is 1.00 bits per heavy atom. The molecule has 86 valence electrons. The van der Waals surface area contributed by atoms with Gasteiger partial charge in [0.25, 0.3) is 0 Å². The standard InChI is InChI=1S/C12H26OS/c1-3-4-5-6-7-9-12(13)10-8-11-14-2/h12-13H,3-11H2,1-2H3. The van der Waals surface area contributed by atoms with Gasteiger partial charge in [0.05, 0.1) is 6.10 Å². The van der Waals surface area contributed by atoms with Crippen molar-refractivity contribution in [1.29, 1.82) is 0 Å². The predicted octanol–water partition coefficient (Wildman–Crippen LogP) is 3.85. The molecule has 0 fully saturated rings. The van der Waals surface area contributed by atoms with E-state index in [0.29, 0.717) is 0 Å². The highest BCUT2D eigenvalue weighted by Gasteiger charge is 2.02. The van der Waals surface area contributed by atoms with E-state index >= 15 is 0 Å². The smallest absolute Gasteiger partial charge is 0.0540 e. The first-order chi connectivity index (χ1) is 6.81. The number of thioether (sulfide) groups is 1. The Bertz CT molecular complexity index is 106. The van der Waals surface area contributed by atoms with E-state index in [4.69, 9.17) is 0 Å². The molecule has 0 rings (SSSR count). The number of aliphatic hydroxyl groups is 1. The van der Waals surface area contributed by atoms with Gasteiger partial charge in [-0.25, -0.2) is 0 Å². The van der Waals surface area contributed by atoms with Gasteiger partial charge in [-0.1, -0.05) is 39.0 Å². The average Bonchev–Trinajstić information content (AvgIpc) is 2.18. The third-order valence-electron chi connectivity index (χ3n) is 2.53. The largest absolute Gasteiger partial charge is 0.393 e. The minimum atomic E-state index is -0.0382. The van der Waals surface area contributed by atoms with Crippen LogP contribution >= 0.6 is 11.8 Å². The summed E-state index contributed by atoms with van der Waals surface area (Å²) in [7, 11) is 0. The zero-order valence-electron chi connectivity index (χ0n) is 9.80. The molecule has 0 aliphatic carbocycles. The molecule has 1 unspecified atom stereocenters. The van der Waals surface area contributed by atoms with E-state index in [2.05, 4.69) is 13.2 Å². The van der Waals surface area contributed by atoms with Gasteiger partial charge in [-0.05, 0) is 31.3 Å². The second-order valence-electron chi connectivity index (χ2n) is 3.99. The van der Waals surface area contributed by atoms with Crippen molar-refractivity contribution in [1.82, 2.24) is 0 Å². The molecule has 1 nitrogen and oxygen atoms in total. The van der Waals surface area contributed by atoms with Gasteiger partial charge in [0.1, 0.15) is 0 Å². The third kappa shape index (κ3) is 10.4. The van der Waals surface area contributed by atoms with Crippen LogP contribution in [-0.2, 0) is 0 Å². The fourth-order valence-electron chi connectivity index (χ4n) is 1.59. The highest BCUT2D eigenvalue weighted by molar-refractivity contribution is 7.98. The van der Waals surface area contributed by atoms with Crippen LogP contribution in [0.5, 0.6) is 0 Å². The van der Waals surface area contributed by atoms with Gasteiger partial charge in [-0.3, -0.25) is 0 Å². The summed E-state index contributed by atoms with van der Waals surface area (Å²) in [4.78, 5) is 0. The molecule has 0 aliphatic rings. The lowest BCUT2D eigenvalue weighted by Crippen LogP contribution is -2.06. The Hall–Kier alpha value is 0.310. The SMILES string of the molecule is CCCCCCCC(O)CCCSC. The van der Waals surface area contributed by atoms with Gasteiger partial charge in [-0.2, -0.15) is 11.8 Å². The summed E-state index contributed by atoms with van der Waals surface area (Å²) >= 11 is 1.87. The zero-order chi connectivity index (χ0) is 10.6. The van der Waals surface area contributed by atoms with Crippen LogP contribution in [0.1, 0.15) is 58.3 Å². The molecule has 0 aromatic carbocycles. The molecule has 0 saturated heterocycles. The van der Waals surface area contributed by atoms with Gasteiger partial charge in [-0.15, -0.1) is 0 Å². The van der Waals surface area contributed by atoms with Gasteiger partial charge in [0.2, 0.25) is 0 Å². The molecule has 1 N–H and O–H groups in total. The minimum absolute atomic E-state index is 0.0382. The highest BCUT2D eigenvalue weighted by Crippen LogP contribution is 2.11. The maximum atomic E-state index is 9.62. The number of hydrogen-bond donors (Lipinski definition) is 1. The summed E-state index contributed by atoms with van der Waals surface area (Å²) in [5.74, 6) is 1.19. The molecule has 0 spiro atoms. The first kappa shape index (κ1) is 14.3. The van der Waals surface area contributed by atoms with E-state index in [0.717, 1.165) is 19.3 Å². The number of rotatable bonds is 10. The molecule has 0 aromatic heterocycles. The average molecular weight is 218 g/mol. The zero-order valence-corrected chi connectivity index (χ0v) is 10.6. The Morgan fingerprint density at radius 2 is 1.64 bits per heavy atom. The van der Waals surface area contributed by atoms with Crippen LogP contribution in [0.2, 0.25) is 0 Å². The number of hydrogen-bond acceptors (Lipinski definition) is 2. The van der Waals surface area contributed by atoms with Crippen LogP contribution in [0.15, 0.2) is 0 Å². The van der Waals surface area contributed by atoms with Crippen molar-refractivity contribution >= 4 is 11.8 Å². The second-order valence-corrected chi connectivity index (χ2v) is 4.98. The van der Waals surface area contributed by atoms with Gasteiger partial charge in [0, 0.05) is 0 Å². The monoisotopic (exact) mass is 218 g/mol. The molecule has 0 heterocycles. The lowest BCUT2D eigenvalue weighted by molar-refractivity contribution is 0.150. The molecule has 0 bridgehead atoms. The summed E-state index contributed by atoms with van der Waals surface area (Å²) in [5.41, 5.74) is 0. The Kier molecular flexibility index (Phi) is 11.6. The van der Waals surface area contributed by atoms with Crippen LogP contribution in [0, 0.1) is 0 Å². The summed E-state index contributed by atoms with van der Waals surface area (Å²) < 4.78 is 0. The van der Waals surface area contributed by atoms with Crippen LogP contribution < -0.4 is 0 Å². The first-order valence-corrected chi connectivity index (χ1v) is 7.37. The van der Waals surface area contributed by atoms with Crippen molar-refractivity contribution in [2.24, 2.45) is 0 Å². The minimum Gasteiger partial charge on any atom is -0.393 e. The molecular formula is C12H26OS. The summed E-state index contributed by atoms with van der Waals surface area (Å²) in [5, 5.41) is 9.62. The van der Waals surface area contributed by atoms with Crippen molar-refractivity contribution < 1.29 is 5.11 Å². The second kappa shape index (κ2) is 11.4. The summed E-state index contributed by atoms with van der Waals surface area (Å²) in [6, 6.07) is 0. The van der Waals surface area contributed by atoms with Crippen LogP contribution in [0.25, 0.3) is 0 Å². The van der Waals surface area contributed by atoms with Crippen LogP contribution in [-0.4, -0.2) is 23.2 Å². The Labute approximate surface area is 93.7 Å². The molecule has 0 radical (unpaired) electrons. The van der Waals surface area contributed by atoms with Gasteiger partial charge >= 0.3 is 0 Å². The van der Waals surface area contributed by atoms with E-state index < -0.39 is 0 Å². The fraction of sp³-hybridized carbons (Fsp3) is 1.00. The van der Waals surface area contributed by atoms with Crippen molar-refractivity contribution in [3.8, 4) is 0 Å². The lowest BCUT2D eigenvalue weighted by atomic mass is 10.1. The van der Waals surface area contributed by atoms with Crippen LogP contribution in [0.4, 0.5) is 0 Å². The van der Waals surface area contributed by atoms with Crippen LogP contribution in [0.3, 0.4) is 0 Å². The van der Waals surface area contributed by atoms with Gasteiger partial charge < -0.3 is 5.11 Å². The van der Waals surface area contributed by atoms with Crippen molar-refractivity contribution in [3.05, 3.63) is 0 Å². The van der Waals surface area contributed by atoms with E-state index in [1.807, 2.05) is 11.8 Å².